The lowest BCUT2D eigenvalue weighted by Crippen LogP contribution is -2.21. The van der Waals surface area contributed by atoms with E-state index in [1.165, 1.54) is 32.0 Å². The van der Waals surface area contributed by atoms with E-state index in [4.69, 9.17) is 11.6 Å². The molecule has 0 bridgehead atoms. The number of anilines is 1. The van der Waals surface area contributed by atoms with E-state index in [-0.39, 0.29) is 39.0 Å². The molecule has 0 radical (unpaired) electrons. The van der Waals surface area contributed by atoms with Crippen LogP contribution in [0.3, 0.4) is 0 Å². The van der Waals surface area contributed by atoms with Gasteiger partial charge in [0.15, 0.2) is 0 Å². The zero-order chi connectivity index (χ0) is 28.0. The zero-order valence-corrected chi connectivity index (χ0v) is 20.5. The number of benzene rings is 3. The van der Waals surface area contributed by atoms with Crippen molar-refractivity contribution in [1.29, 1.82) is 0 Å². The van der Waals surface area contributed by atoms with Crippen molar-refractivity contribution in [2.45, 2.75) is 31.7 Å². The van der Waals surface area contributed by atoms with E-state index in [9.17, 15) is 36.6 Å². The quantitative estimate of drug-likeness (QED) is 0.284. The van der Waals surface area contributed by atoms with Crippen LogP contribution in [0.1, 0.15) is 62.9 Å². The molecular weight excluding hydrogens is 531 g/mol. The number of hydrogen-bond acceptors (Lipinski definition) is 3. The first-order valence-electron chi connectivity index (χ1n) is 11.0. The Balaban J connectivity index is 1.87. The van der Waals surface area contributed by atoms with E-state index in [1.807, 2.05) is 0 Å². The summed E-state index contributed by atoms with van der Waals surface area (Å²) in [7, 11) is 0. The summed E-state index contributed by atoms with van der Waals surface area (Å²) in [5.74, 6) is 1.60. The summed E-state index contributed by atoms with van der Waals surface area (Å²) >= 11 is 6.25. The third kappa shape index (κ3) is 5.79. The minimum absolute atomic E-state index is 0.0309. The highest BCUT2D eigenvalue weighted by Crippen LogP contribution is 2.40. The van der Waals surface area contributed by atoms with Crippen molar-refractivity contribution in [2.75, 3.05) is 5.32 Å². The second kappa shape index (κ2) is 9.74. The number of carbonyl (C=O) groups is 2. The van der Waals surface area contributed by atoms with Gasteiger partial charge in [0.2, 0.25) is 0 Å². The monoisotopic (exact) mass is 548 g/mol. The summed E-state index contributed by atoms with van der Waals surface area (Å²) in [6.07, 6.45) is -4.90. The van der Waals surface area contributed by atoms with Gasteiger partial charge in [0.25, 0.3) is 11.8 Å². The Morgan fingerprint density at radius 1 is 1.05 bits per heavy atom. The molecule has 0 aliphatic carbocycles. The Morgan fingerprint density at radius 2 is 1.76 bits per heavy atom. The highest BCUT2D eigenvalue weighted by molar-refractivity contribution is 6.31. The van der Waals surface area contributed by atoms with Crippen LogP contribution in [-0.2, 0) is 6.18 Å². The molecule has 196 valence electrons. The normalized spacial score (nSPS) is 14.9. The molecule has 3 aromatic rings. The number of amides is 2. The fourth-order valence-corrected chi connectivity index (χ4v) is 4.11. The van der Waals surface area contributed by atoms with Crippen LogP contribution in [0.5, 0.6) is 0 Å². The van der Waals surface area contributed by atoms with Crippen LogP contribution in [0.15, 0.2) is 48.5 Å². The molecule has 0 aromatic heterocycles. The number of hydrogen-bond donors (Lipinski definition) is 3. The third-order valence-electron chi connectivity index (χ3n) is 5.51. The standard InChI is InChI=1S/C27H18ClF5N2O3/c1-26(2,38)6-5-13-7-19-22(23(35-25(19)37)18-12-16(29)3-4-20(18)28)21(8-13)34-24(36)14-9-15(27(31,32)33)11-17(30)10-14/h3-4,7-12,23,38H,1-2H3,(H,34,36)(H,35,37). The van der Waals surface area contributed by atoms with E-state index in [0.29, 0.717) is 12.1 Å². The Bertz CT molecular complexity index is 1530. The van der Waals surface area contributed by atoms with Gasteiger partial charge in [-0.25, -0.2) is 8.78 Å². The van der Waals surface area contributed by atoms with Gasteiger partial charge < -0.3 is 15.7 Å². The van der Waals surface area contributed by atoms with Crippen molar-refractivity contribution in [2.24, 2.45) is 0 Å². The van der Waals surface area contributed by atoms with Gasteiger partial charge in [-0.2, -0.15) is 13.2 Å². The second-order valence-corrected chi connectivity index (χ2v) is 9.45. The van der Waals surface area contributed by atoms with Crippen LogP contribution < -0.4 is 10.6 Å². The Morgan fingerprint density at radius 3 is 2.42 bits per heavy atom. The van der Waals surface area contributed by atoms with Gasteiger partial charge in [0.1, 0.15) is 17.2 Å². The van der Waals surface area contributed by atoms with Gasteiger partial charge in [-0.05, 0) is 62.4 Å². The molecule has 11 heteroatoms. The van der Waals surface area contributed by atoms with Crippen LogP contribution in [0.2, 0.25) is 5.02 Å². The molecule has 1 heterocycles. The maximum Gasteiger partial charge on any atom is 0.416 e. The highest BCUT2D eigenvalue weighted by atomic mass is 35.5. The molecule has 38 heavy (non-hydrogen) atoms. The molecular formula is C27H18ClF5N2O3. The number of carbonyl (C=O) groups excluding carboxylic acids is 2. The van der Waals surface area contributed by atoms with Crippen molar-refractivity contribution in [3.05, 3.63) is 98.6 Å². The number of rotatable bonds is 3. The third-order valence-corrected chi connectivity index (χ3v) is 5.85. The average Bonchev–Trinajstić information content (AvgIpc) is 3.14. The molecule has 1 atom stereocenters. The number of aliphatic hydroxyl groups is 1. The van der Waals surface area contributed by atoms with E-state index >= 15 is 0 Å². The summed E-state index contributed by atoms with van der Waals surface area (Å²) in [6, 6.07) is 6.55. The average molecular weight is 549 g/mol. The van der Waals surface area contributed by atoms with Gasteiger partial charge in [-0.3, -0.25) is 9.59 Å². The van der Waals surface area contributed by atoms with E-state index in [0.717, 1.165) is 12.1 Å². The smallest absolute Gasteiger partial charge is 0.378 e. The molecule has 4 rings (SSSR count). The van der Waals surface area contributed by atoms with Crippen LogP contribution in [0.25, 0.3) is 0 Å². The Labute approximate surface area is 218 Å². The van der Waals surface area contributed by atoms with Gasteiger partial charge in [-0.1, -0.05) is 23.4 Å². The van der Waals surface area contributed by atoms with Crippen molar-refractivity contribution < 1.29 is 36.6 Å². The van der Waals surface area contributed by atoms with Crippen molar-refractivity contribution in [3.63, 3.8) is 0 Å². The lowest BCUT2D eigenvalue weighted by molar-refractivity contribution is -0.137. The van der Waals surface area contributed by atoms with Gasteiger partial charge in [0, 0.05) is 38.5 Å². The summed E-state index contributed by atoms with van der Waals surface area (Å²) in [4.78, 5) is 25.9. The van der Waals surface area contributed by atoms with E-state index in [2.05, 4.69) is 22.5 Å². The summed E-state index contributed by atoms with van der Waals surface area (Å²) in [5, 5.41) is 15.1. The minimum atomic E-state index is -4.90. The van der Waals surface area contributed by atoms with Crippen LogP contribution >= 0.6 is 11.6 Å². The molecule has 5 nitrogen and oxygen atoms in total. The Kier molecular flexibility index (Phi) is 6.95. The fourth-order valence-electron chi connectivity index (χ4n) is 3.88. The lowest BCUT2D eigenvalue weighted by Gasteiger charge is -2.18. The largest absolute Gasteiger partial charge is 0.416 e. The molecule has 3 aromatic carbocycles. The molecule has 1 aliphatic heterocycles. The van der Waals surface area contributed by atoms with Crippen LogP contribution in [-0.4, -0.2) is 22.5 Å². The maximum atomic E-state index is 14.0. The number of alkyl halides is 3. The van der Waals surface area contributed by atoms with Crippen molar-refractivity contribution in [3.8, 4) is 11.8 Å². The summed E-state index contributed by atoms with van der Waals surface area (Å²) < 4.78 is 67.5. The minimum Gasteiger partial charge on any atom is -0.378 e. The zero-order valence-electron chi connectivity index (χ0n) is 19.7. The molecule has 1 unspecified atom stereocenters. The first kappa shape index (κ1) is 27.1. The molecule has 0 spiro atoms. The van der Waals surface area contributed by atoms with Gasteiger partial charge >= 0.3 is 6.18 Å². The predicted octanol–water partition coefficient (Wildman–Crippen LogP) is 5.84. The maximum absolute atomic E-state index is 14.0. The molecule has 0 saturated heterocycles. The van der Waals surface area contributed by atoms with E-state index < -0.39 is 52.4 Å². The number of fused-ring (bicyclic) bond motifs is 1. The molecule has 3 N–H and O–H groups in total. The topological polar surface area (TPSA) is 78.4 Å². The molecule has 2 amide bonds. The Hall–Kier alpha value is -3.94. The highest BCUT2D eigenvalue weighted by Gasteiger charge is 2.35. The summed E-state index contributed by atoms with van der Waals surface area (Å²) in [6.45, 7) is 2.85. The number of nitrogens with one attached hydrogen (secondary N) is 2. The van der Waals surface area contributed by atoms with Gasteiger partial charge in [0.05, 0.1) is 11.6 Å². The van der Waals surface area contributed by atoms with Gasteiger partial charge in [-0.15, -0.1) is 0 Å². The number of halogens is 6. The SMILES string of the molecule is CC(C)(O)C#Cc1cc(NC(=O)c2cc(F)cc(C(F)(F)F)c2)c2c(c1)C(=O)NC2c1cc(F)ccc1Cl. The first-order valence-corrected chi connectivity index (χ1v) is 11.4. The van der Waals surface area contributed by atoms with Crippen LogP contribution in [0, 0.1) is 23.5 Å². The van der Waals surface area contributed by atoms with Crippen molar-refractivity contribution >= 4 is 29.1 Å². The van der Waals surface area contributed by atoms with Crippen molar-refractivity contribution in [1.82, 2.24) is 5.32 Å². The summed E-state index contributed by atoms with van der Waals surface area (Å²) in [5.41, 5.74) is -2.94. The fraction of sp³-hybridized carbons (Fsp3) is 0.185. The second-order valence-electron chi connectivity index (χ2n) is 9.05. The van der Waals surface area contributed by atoms with E-state index in [1.54, 1.807) is 0 Å². The molecule has 1 aliphatic rings. The molecule has 0 saturated carbocycles. The first-order chi connectivity index (χ1) is 17.6. The molecule has 0 fully saturated rings. The predicted molar refractivity (Wildman–Crippen MR) is 130 cm³/mol. The van der Waals surface area contributed by atoms with Crippen LogP contribution in [0.4, 0.5) is 27.6 Å². The lowest BCUT2D eigenvalue weighted by atomic mass is 9.94.